The number of carbonyl (C=O) groups is 2. The third-order valence-electron chi connectivity index (χ3n) is 2.61. The molecule has 2 N–H and O–H groups in total. The minimum Gasteiger partial charge on any atom is -0.451 e. The molecule has 0 saturated carbocycles. The largest absolute Gasteiger partial charge is 0.451 e. The predicted molar refractivity (Wildman–Crippen MR) is 70.9 cm³/mol. The highest BCUT2D eigenvalue weighted by Gasteiger charge is 2.18. The van der Waals surface area contributed by atoms with Crippen LogP contribution in [0.25, 0.3) is 11.5 Å². The highest BCUT2D eigenvalue weighted by Crippen LogP contribution is 2.13. The predicted octanol–water partition coefficient (Wildman–Crippen LogP) is -0.0797. The van der Waals surface area contributed by atoms with Gasteiger partial charge in [0, 0.05) is 5.56 Å². The summed E-state index contributed by atoms with van der Waals surface area (Å²) in [6.45, 7) is 0.869. The van der Waals surface area contributed by atoms with Crippen molar-refractivity contribution in [1.29, 1.82) is 0 Å². The van der Waals surface area contributed by atoms with E-state index < -0.39 is 30.3 Å². The minimum atomic E-state index is -1.08. The maximum Gasteiger partial charge on any atom is 0.437 e. The summed E-state index contributed by atoms with van der Waals surface area (Å²) in [5.74, 6) is -2.29. The smallest absolute Gasteiger partial charge is 0.437 e. The quantitative estimate of drug-likeness (QED) is 0.770. The van der Waals surface area contributed by atoms with Crippen LogP contribution in [0.1, 0.15) is 6.92 Å². The second-order valence-electron chi connectivity index (χ2n) is 4.23. The number of benzene rings is 1. The Kier molecular flexibility index (Phi) is 4.17. The van der Waals surface area contributed by atoms with E-state index in [1.54, 1.807) is 30.3 Å². The summed E-state index contributed by atoms with van der Waals surface area (Å²) < 4.78 is 10.5. The van der Waals surface area contributed by atoms with E-state index >= 15 is 0 Å². The van der Waals surface area contributed by atoms with Crippen LogP contribution >= 0.6 is 0 Å². The lowest BCUT2D eigenvalue weighted by Gasteiger charge is -2.08. The molecule has 0 aliphatic heterocycles. The van der Waals surface area contributed by atoms with Gasteiger partial charge in [-0.15, -0.1) is 5.10 Å². The van der Waals surface area contributed by atoms with Crippen LogP contribution < -0.4 is 11.5 Å². The molecule has 0 radical (unpaired) electrons. The zero-order chi connectivity index (χ0) is 15.4. The molecule has 0 aliphatic carbocycles. The van der Waals surface area contributed by atoms with Crippen LogP contribution in [0.3, 0.4) is 0 Å². The van der Waals surface area contributed by atoms with Crippen LogP contribution in [-0.2, 0) is 20.9 Å². The molecular formula is C13H13N3O5. The van der Waals surface area contributed by atoms with E-state index in [1.165, 1.54) is 6.92 Å². The van der Waals surface area contributed by atoms with Crippen molar-refractivity contribution in [2.24, 2.45) is 5.73 Å². The molecule has 21 heavy (non-hydrogen) atoms. The second-order valence-corrected chi connectivity index (χ2v) is 4.23. The fraction of sp³-hybridized carbons (Fsp3) is 0.231. The Morgan fingerprint density at radius 3 is 2.67 bits per heavy atom. The molecule has 2 aromatic rings. The molecule has 0 bridgehead atoms. The molecular weight excluding hydrogens is 278 g/mol. The number of esters is 1. The lowest BCUT2D eigenvalue weighted by molar-refractivity contribution is -0.154. The van der Waals surface area contributed by atoms with Gasteiger partial charge in [-0.1, -0.05) is 18.2 Å². The highest BCUT2D eigenvalue weighted by molar-refractivity contribution is 5.81. The first-order valence-electron chi connectivity index (χ1n) is 6.09. The molecule has 0 aliphatic rings. The molecule has 0 saturated heterocycles. The molecule has 1 heterocycles. The van der Waals surface area contributed by atoms with Gasteiger partial charge in [-0.2, -0.15) is 4.68 Å². The van der Waals surface area contributed by atoms with Crippen molar-refractivity contribution in [2.75, 3.05) is 0 Å². The first kappa shape index (κ1) is 14.5. The van der Waals surface area contributed by atoms with Crippen LogP contribution in [0.5, 0.6) is 0 Å². The molecule has 1 aromatic carbocycles. The first-order valence-corrected chi connectivity index (χ1v) is 6.09. The van der Waals surface area contributed by atoms with Gasteiger partial charge in [0.15, 0.2) is 6.10 Å². The zero-order valence-electron chi connectivity index (χ0n) is 11.2. The van der Waals surface area contributed by atoms with Crippen LogP contribution in [0.4, 0.5) is 0 Å². The molecule has 8 nitrogen and oxygen atoms in total. The van der Waals surface area contributed by atoms with E-state index in [0.29, 0.717) is 5.56 Å². The van der Waals surface area contributed by atoms with E-state index in [9.17, 15) is 14.4 Å². The highest BCUT2D eigenvalue weighted by atomic mass is 16.5. The van der Waals surface area contributed by atoms with E-state index in [1.807, 2.05) is 0 Å². The number of hydrogen-bond donors (Lipinski definition) is 1. The Morgan fingerprint density at radius 2 is 2.05 bits per heavy atom. The van der Waals surface area contributed by atoms with Gasteiger partial charge >= 0.3 is 11.7 Å². The second kappa shape index (κ2) is 6.04. The Balaban J connectivity index is 2.12. The minimum absolute atomic E-state index is 0.0938. The summed E-state index contributed by atoms with van der Waals surface area (Å²) in [7, 11) is 0. The van der Waals surface area contributed by atoms with Gasteiger partial charge in [-0.25, -0.2) is 4.79 Å². The molecule has 8 heteroatoms. The van der Waals surface area contributed by atoms with Gasteiger partial charge in [-0.3, -0.25) is 9.59 Å². The normalized spacial score (nSPS) is 11.9. The van der Waals surface area contributed by atoms with Gasteiger partial charge in [0.2, 0.25) is 5.89 Å². The van der Waals surface area contributed by atoms with Crippen LogP contribution in [0.15, 0.2) is 39.5 Å². The molecule has 2 rings (SSSR count). The number of nitrogens with two attached hydrogens (primary N) is 1. The fourth-order valence-electron chi connectivity index (χ4n) is 1.52. The van der Waals surface area contributed by atoms with Crippen LogP contribution in [0, 0.1) is 0 Å². The summed E-state index contributed by atoms with van der Waals surface area (Å²) in [6, 6.07) is 8.75. The molecule has 1 amide bonds. The van der Waals surface area contributed by atoms with Gasteiger partial charge < -0.3 is 14.9 Å². The third-order valence-corrected chi connectivity index (χ3v) is 2.61. The van der Waals surface area contributed by atoms with Crippen molar-refractivity contribution in [1.82, 2.24) is 9.78 Å². The number of carbonyl (C=O) groups excluding carboxylic acids is 2. The third kappa shape index (κ3) is 3.56. The van der Waals surface area contributed by atoms with Gasteiger partial charge in [0.25, 0.3) is 5.91 Å². The number of nitrogens with zero attached hydrogens (tertiary/aromatic N) is 2. The van der Waals surface area contributed by atoms with E-state index in [4.69, 9.17) is 14.9 Å². The fourth-order valence-corrected chi connectivity index (χ4v) is 1.52. The average molecular weight is 291 g/mol. The van der Waals surface area contributed by atoms with E-state index in [0.717, 1.165) is 4.68 Å². The Hall–Kier alpha value is -2.90. The van der Waals surface area contributed by atoms with Crippen molar-refractivity contribution in [3.8, 4) is 11.5 Å². The lowest BCUT2D eigenvalue weighted by atomic mass is 10.2. The number of aromatic nitrogens is 2. The molecule has 110 valence electrons. The molecule has 0 unspecified atom stereocenters. The molecule has 1 aromatic heterocycles. The van der Waals surface area contributed by atoms with Gasteiger partial charge in [0.05, 0.1) is 0 Å². The summed E-state index contributed by atoms with van der Waals surface area (Å²) in [5, 5.41) is 3.89. The summed E-state index contributed by atoms with van der Waals surface area (Å²) >= 11 is 0. The van der Waals surface area contributed by atoms with E-state index in [2.05, 4.69) is 5.10 Å². The van der Waals surface area contributed by atoms with Crippen LogP contribution in [-0.4, -0.2) is 27.8 Å². The summed E-state index contributed by atoms with van der Waals surface area (Å²) in [5.41, 5.74) is 5.57. The molecule has 1 atom stereocenters. The Bertz CT molecular complexity index is 704. The lowest BCUT2D eigenvalue weighted by Crippen LogP contribution is -2.33. The Morgan fingerprint density at radius 1 is 1.38 bits per heavy atom. The van der Waals surface area contributed by atoms with Crippen LogP contribution in [0.2, 0.25) is 0 Å². The van der Waals surface area contributed by atoms with Crippen molar-refractivity contribution in [3.63, 3.8) is 0 Å². The van der Waals surface area contributed by atoms with Crippen molar-refractivity contribution in [3.05, 3.63) is 40.9 Å². The molecule has 0 spiro atoms. The maximum atomic E-state index is 11.6. The van der Waals surface area contributed by atoms with E-state index in [-0.39, 0.29) is 5.89 Å². The zero-order valence-corrected chi connectivity index (χ0v) is 11.2. The van der Waals surface area contributed by atoms with Gasteiger partial charge in [-0.05, 0) is 19.1 Å². The van der Waals surface area contributed by atoms with Crippen molar-refractivity contribution >= 4 is 11.9 Å². The monoisotopic (exact) mass is 291 g/mol. The summed E-state index contributed by atoms with van der Waals surface area (Å²) in [4.78, 5) is 33.9. The SMILES string of the molecule is C[C@@H](OC(=O)Cn1nc(-c2ccccc2)oc1=O)C(N)=O. The number of ether oxygens (including phenoxy) is 1. The van der Waals surface area contributed by atoms with Crippen molar-refractivity contribution < 1.29 is 18.7 Å². The number of primary amides is 1. The maximum absolute atomic E-state index is 11.6. The number of rotatable bonds is 5. The van der Waals surface area contributed by atoms with Gasteiger partial charge in [0.1, 0.15) is 6.54 Å². The number of hydrogen-bond acceptors (Lipinski definition) is 6. The van der Waals surface area contributed by atoms with Crippen molar-refractivity contribution in [2.45, 2.75) is 19.6 Å². The first-order chi connectivity index (χ1) is 9.97. The average Bonchev–Trinajstić information content (AvgIpc) is 2.81. The summed E-state index contributed by atoms with van der Waals surface area (Å²) in [6.07, 6.45) is -1.08. The standard InChI is InChI=1S/C13H13N3O5/c1-8(11(14)18)20-10(17)7-16-13(19)21-12(15-16)9-5-3-2-4-6-9/h2-6,8H,7H2,1H3,(H2,14,18)/t8-/m1/s1. The Labute approximate surface area is 119 Å². The molecule has 0 fully saturated rings. The topological polar surface area (TPSA) is 117 Å². The number of amides is 1.